The van der Waals surface area contributed by atoms with Crippen LogP contribution in [-0.2, 0) is 27.0 Å². The van der Waals surface area contributed by atoms with E-state index in [1.165, 1.54) is 28.6 Å². The monoisotopic (exact) mass is 400 g/mol. The quantitative estimate of drug-likeness (QED) is 0.334. The predicted octanol–water partition coefficient (Wildman–Crippen LogP) is 1.46. The third kappa shape index (κ3) is 7.72. The van der Waals surface area contributed by atoms with E-state index < -0.39 is 19.5 Å². The average molecular weight is 400 g/mol. The van der Waals surface area contributed by atoms with Crippen molar-refractivity contribution in [2.75, 3.05) is 18.3 Å². The van der Waals surface area contributed by atoms with E-state index in [9.17, 15) is 14.2 Å². The van der Waals surface area contributed by atoms with E-state index in [-0.39, 0.29) is 11.9 Å². The molecule has 0 fully saturated rings. The van der Waals surface area contributed by atoms with Gasteiger partial charge in [-0.2, -0.15) is 0 Å². The minimum atomic E-state index is -2.95. The molecule has 10 heteroatoms. The van der Waals surface area contributed by atoms with Gasteiger partial charge in [0.15, 0.2) is 0 Å². The first-order valence-electron chi connectivity index (χ1n) is 7.89. The minimum Gasteiger partial charge on any atom is -0.376 e. The highest BCUT2D eigenvalue weighted by atomic mass is 32.2. The molecule has 0 radical (unpaired) electrons. The molecule has 1 aromatic heterocycles. The maximum atomic E-state index is 11.9. The van der Waals surface area contributed by atoms with Gasteiger partial charge < -0.3 is 14.2 Å². The van der Waals surface area contributed by atoms with Gasteiger partial charge in [-0.1, -0.05) is 30.3 Å². The van der Waals surface area contributed by atoms with Crippen molar-refractivity contribution in [2.24, 2.45) is 5.92 Å². The van der Waals surface area contributed by atoms with Crippen LogP contribution >= 0.6 is 20.0 Å². The lowest BCUT2D eigenvalue weighted by atomic mass is 10.2. The Bertz CT molecular complexity index is 810. The van der Waals surface area contributed by atoms with Crippen LogP contribution < -0.4 is 11.2 Å². The number of aromatic amines is 1. The van der Waals surface area contributed by atoms with Crippen LogP contribution in [-0.4, -0.2) is 32.7 Å². The SMILES string of the molecule is O=c1ccn(CC(COCc2ccccc2)CSCO[PH](=O)O)c(=O)[nH]1. The summed E-state index contributed by atoms with van der Waals surface area (Å²) in [5.74, 6) is 0.608. The number of nitrogens with zero attached hydrogens (tertiary/aromatic N) is 1. The second kappa shape index (κ2) is 11.2. The lowest BCUT2D eigenvalue weighted by Crippen LogP contribution is -2.32. The van der Waals surface area contributed by atoms with E-state index in [1.807, 2.05) is 30.3 Å². The van der Waals surface area contributed by atoms with E-state index in [0.29, 0.717) is 25.5 Å². The Morgan fingerprint density at radius 1 is 1.23 bits per heavy atom. The van der Waals surface area contributed by atoms with Crippen LogP contribution in [0.15, 0.2) is 52.2 Å². The third-order valence-electron chi connectivity index (χ3n) is 3.44. The van der Waals surface area contributed by atoms with Crippen molar-refractivity contribution < 1.29 is 18.7 Å². The van der Waals surface area contributed by atoms with Gasteiger partial charge in [0.25, 0.3) is 5.56 Å². The smallest absolute Gasteiger partial charge is 0.328 e. The summed E-state index contributed by atoms with van der Waals surface area (Å²) < 4.78 is 22.4. The normalized spacial score (nSPS) is 13.4. The van der Waals surface area contributed by atoms with E-state index in [2.05, 4.69) is 9.51 Å². The molecule has 0 saturated carbocycles. The summed E-state index contributed by atoms with van der Waals surface area (Å²) in [6, 6.07) is 11.0. The first kappa shape index (κ1) is 20.7. The molecule has 0 aliphatic heterocycles. The number of thioether (sulfide) groups is 1. The Balaban J connectivity index is 1.92. The van der Waals surface area contributed by atoms with Crippen LogP contribution in [0.2, 0.25) is 0 Å². The minimum absolute atomic E-state index is 0.0445. The predicted molar refractivity (Wildman–Crippen MR) is 101 cm³/mol. The van der Waals surface area contributed by atoms with Crippen LogP contribution in [0.4, 0.5) is 0 Å². The standard InChI is InChI=1S/C16H21N2O6PS/c19-15-6-7-18(16(20)17-15)8-14(11-26-12-24-25(21)22)10-23-9-13-4-2-1-3-5-13/h1-7,14,25H,8-12H2,(H,21,22)(H,17,19,20). The molecule has 0 amide bonds. The van der Waals surface area contributed by atoms with Crippen LogP contribution in [0.3, 0.4) is 0 Å². The van der Waals surface area contributed by atoms with E-state index in [1.54, 1.807) is 0 Å². The van der Waals surface area contributed by atoms with Crippen molar-refractivity contribution in [1.29, 1.82) is 0 Å². The maximum Gasteiger partial charge on any atom is 0.328 e. The molecule has 2 aromatic rings. The zero-order valence-electron chi connectivity index (χ0n) is 14.0. The summed E-state index contributed by atoms with van der Waals surface area (Å²) in [6.45, 7) is 1.19. The molecule has 142 valence electrons. The highest BCUT2D eigenvalue weighted by Crippen LogP contribution is 2.20. The zero-order valence-corrected chi connectivity index (χ0v) is 15.8. The van der Waals surface area contributed by atoms with Crippen molar-refractivity contribution in [3.8, 4) is 0 Å². The van der Waals surface area contributed by atoms with E-state index in [4.69, 9.17) is 9.63 Å². The Morgan fingerprint density at radius 3 is 2.69 bits per heavy atom. The number of ether oxygens (including phenoxy) is 1. The molecular formula is C16H21N2O6PS. The topological polar surface area (TPSA) is 111 Å². The van der Waals surface area contributed by atoms with Crippen LogP contribution in [0.1, 0.15) is 5.56 Å². The van der Waals surface area contributed by atoms with Gasteiger partial charge in [0.05, 0.1) is 13.2 Å². The van der Waals surface area contributed by atoms with Gasteiger partial charge in [-0.15, -0.1) is 11.8 Å². The largest absolute Gasteiger partial charge is 0.376 e. The summed E-state index contributed by atoms with van der Waals surface area (Å²) in [6.07, 6.45) is 1.44. The fraction of sp³-hybridized carbons (Fsp3) is 0.375. The summed E-state index contributed by atoms with van der Waals surface area (Å²) in [5.41, 5.74) is 0.119. The van der Waals surface area contributed by atoms with Gasteiger partial charge in [0, 0.05) is 30.5 Å². The molecular weight excluding hydrogens is 379 g/mol. The number of H-pyrrole nitrogens is 1. The highest BCUT2D eigenvalue weighted by Gasteiger charge is 2.12. The molecule has 0 aliphatic carbocycles. The third-order valence-corrected chi connectivity index (χ3v) is 5.03. The zero-order chi connectivity index (χ0) is 18.8. The average Bonchev–Trinajstić information content (AvgIpc) is 2.61. The first-order chi connectivity index (χ1) is 12.5. The molecule has 1 aromatic carbocycles. The summed E-state index contributed by atoms with van der Waals surface area (Å²) in [5, 5.41) is 0. The van der Waals surface area contributed by atoms with Gasteiger partial charge >= 0.3 is 13.9 Å². The Kier molecular flexibility index (Phi) is 8.87. The van der Waals surface area contributed by atoms with Crippen LogP contribution in [0, 0.1) is 5.92 Å². The summed E-state index contributed by atoms with van der Waals surface area (Å²) >= 11 is 1.34. The fourth-order valence-corrected chi connectivity index (χ4v) is 3.61. The molecule has 0 bridgehead atoms. The van der Waals surface area contributed by atoms with Crippen molar-refractivity contribution in [1.82, 2.24) is 9.55 Å². The summed E-state index contributed by atoms with van der Waals surface area (Å²) in [7, 11) is -2.95. The number of nitrogens with one attached hydrogen (secondary N) is 1. The maximum absolute atomic E-state index is 11.9. The molecule has 2 unspecified atom stereocenters. The molecule has 0 spiro atoms. The van der Waals surface area contributed by atoms with E-state index >= 15 is 0 Å². The second-order valence-corrected chi connectivity index (χ2v) is 7.33. The number of aromatic nitrogens is 2. The number of benzene rings is 1. The van der Waals surface area contributed by atoms with Gasteiger partial charge in [0.2, 0.25) is 0 Å². The summed E-state index contributed by atoms with van der Waals surface area (Å²) in [4.78, 5) is 33.9. The molecule has 8 nitrogen and oxygen atoms in total. The number of rotatable bonds is 11. The van der Waals surface area contributed by atoms with Gasteiger partial charge in [-0.05, 0) is 5.56 Å². The Labute approximate surface area is 155 Å². The Hall–Kier alpha value is -1.64. The lowest BCUT2D eigenvalue weighted by Gasteiger charge is -2.18. The molecule has 1 heterocycles. The van der Waals surface area contributed by atoms with Gasteiger partial charge in [-0.3, -0.25) is 18.9 Å². The molecule has 0 aliphatic rings. The van der Waals surface area contributed by atoms with Crippen LogP contribution in [0.5, 0.6) is 0 Å². The highest BCUT2D eigenvalue weighted by molar-refractivity contribution is 7.99. The molecule has 2 atom stereocenters. The first-order valence-corrected chi connectivity index (χ1v) is 10.3. The molecule has 0 saturated heterocycles. The lowest BCUT2D eigenvalue weighted by molar-refractivity contribution is 0.0877. The van der Waals surface area contributed by atoms with Gasteiger partial charge in [0.1, 0.15) is 5.94 Å². The van der Waals surface area contributed by atoms with Crippen molar-refractivity contribution in [3.05, 3.63) is 69.0 Å². The number of hydrogen-bond donors (Lipinski definition) is 2. The van der Waals surface area contributed by atoms with Crippen molar-refractivity contribution in [3.63, 3.8) is 0 Å². The van der Waals surface area contributed by atoms with Crippen molar-refractivity contribution >= 4 is 20.0 Å². The van der Waals surface area contributed by atoms with Crippen LogP contribution in [0.25, 0.3) is 0 Å². The molecule has 26 heavy (non-hydrogen) atoms. The fourth-order valence-electron chi connectivity index (χ4n) is 2.24. The van der Waals surface area contributed by atoms with Crippen molar-refractivity contribution in [2.45, 2.75) is 13.2 Å². The molecule has 2 rings (SSSR count). The molecule has 2 N–H and O–H groups in total. The second-order valence-electron chi connectivity index (χ2n) is 5.53. The van der Waals surface area contributed by atoms with Gasteiger partial charge in [-0.25, -0.2) is 4.79 Å². The Morgan fingerprint density at radius 2 is 2.00 bits per heavy atom. The van der Waals surface area contributed by atoms with E-state index in [0.717, 1.165) is 5.56 Å². The number of hydrogen-bond acceptors (Lipinski definition) is 6.